The number of aromatic nitrogens is 2. The molecule has 0 atom stereocenters. The molecule has 0 aliphatic rings. The van der Waals surface area contributed by atoms with E-state index in [1.54, 1.807) is 19.2 Å². The van der Waals surface area contributed by atoms with Gasteiger partial charge in [-0.3, -0.25) is 0 Å². The number of nitrogens with one attached hydrogen (secondary N) is 1. The van der Waals surface area contributed by atoms with E-state index in [9.17, 15) is 0 Å². The van der Waals surface area contributed by atoms with Gasteiger partial charge in [-0.25, -0.2) is 0 Å². The first kappa shape index (κ1) is 14.6. The van der Waals surface area contributed by atoms with Crippen LogP contribution in [-0.2, 0) is 6.54 Å². The van der Waals surface area contributed by atoms with Gasteiger partial charge in [0.2, 0.25) is 11.8 Å². The molecular formula is C17H14N4O2. The summed E-state index contributed by atoms with van der Waals surface area (Å²) in [5, 5.41) is 20.0. The third kappa shape index (κ3) is 3.47. The van der Waals surface area contributed by atoms with Crippen molar-refractivity contribution in [3.05, 3.63) is 60.0 Å². The van der Waals surface area contributed by atoms with Gasteiger partial charge in [-0.05, 0) is 48.5 Å². The molecule has 3 aromatic rings. The molecule has 3 rings (SSSR count). The lowest BCUT2D eigenvalue weighted by atomic mass is 10.2. The van der Waals surface area contributed by atoms with Crippen LogP contribution in [0.1, 0.15) is 11.5 Å². The molecule has 23 heavy (non-hydrogen) atoms. The van der Waals surface area contributed by atoms with Gasteiger partial charge in [0, 0.05) is 11.3 Å². The van der Waals surface area contributed by atoms with Crippen molar-refractivity contribution in [2.24, 2.45) is 0 Å². The first-order valence-electron chi connectivity index (χ1n) is 6.99. The van der Waals surface area contributed by atoms with Crippen molar-refractivity contribution in [3.63, 3.8) is 0 Å². The number of nitriles is 1. The minimum absolute atomic E-state index is 0.412. The highest BCUT2D eigenvalue weighted by Crippen LogP contribution is 2.21. The van der Waals surface area contributed by atoms with Crippen molar-refractivity contribution in [2.75, 3.05) is 12.4 Å². The highest BCUT2D eigenvalue weighted by Gasteiger charge is 2.08. The van der Waals surface area contributed by atoms with Gasteiger partial charge in [0.05, 0.1) is 25.3 Å². The molecule has 1 heterocycles. The molecule has 0 spiro atoms. The Balaban J connectivity index is 1.65. The van der Waals surface area contributed by atoms with Crippen LogP contribution in [0.2, 0.25) is 0 Å². The quantitative estimate of drug-likeness (QED) is 0.779. The Bertz CT molecular complexity index is 817. The Morgan fingerprint density at radius 3 is 2.48 bits per heavy atom. The fourth-order valence-electron chi connectivity index (χ4n) is 2.02. The molecule has 1 N–H and O–H groups in total. The van der Waals surface area contributed by atoms with Gasteiger partial charge in [-0.2, -0.15) is 5.26 Å². The van der Waals surface area contributed by atoms with Crippen LogP contribution >= 0.6 is 0 Å². The zero-order valence-corrected chi connectivity index (χ0v) is 12.5. The van der Waals surface area contributed by atoms with Crippen LogP contribution in [0.15, 0.2) is 52.9 Å². The molecule has 0 saturated carbocycles. The topological polar surface area (TPSA) is 84.0 Å². The summed E-state index contributed by atoms with van der Waals surface area (Å²) in [4.78, 5) is 0. The second-order valence-corrected chi connectivity index (χ2v) is 4.77. The molecule has 1 aromatic heterocycles. The molecule has 6 nitrogen and oxygen atoms in total. The number of ether oxygens (including phenoxy) is 1. The van der Waals surface area contributed by atoms with Crippen molar-refractivity contribution in [2.45, 2.75) is 6.54 Å². The number of hydrogen-bond acceptors (Lipinski definition) is 6. The van der Waals surface area contributed by atoms with E-state index in [-0.39, 0.29) is 0 Å². The SMILES string of the molecule is COc1ccc(-c2nnc(CNc3ccc(C#N)cc3)o2)cc1. The molecule has 0 radical (unpaired) electrons. The maximum Gasteiger partial charge on any atom is 0.247 e. The van der Waals surface area contributed by atoms with Crippen molar-refractivity contribution in [1.82, 2.24) is 10.2 Å². The second kappa shape index (κ2) is 6.62. The maximum absolute atomic E-state index is 8.77. The molecule has 0 unspecified atom stereocenters. The van der Waals surface area contributed by atoms with Crippen molar-refractivity contribution in [1.29, 1.82) is 5.26 Å². The Morgan fingerprint density at radius 1 is 1.09 bits per heavy atom. The maximum atomic E-state index is 8.77. The standard InChI is InChI=1S/C17H14N4O2/c1-22-15-8-4-13(5-9-15)17-21-20-16(23-17)11-19-14-6-2-12(10-18)3-7-14/h2-9,19H,11H2,1H3. The van der Waals surface area contributed by atoms with Crippen molar-refractivity contribution in [3.8, 4) is 23.3 Å². The summed E-state index contributed by atoms with van der Waals surface area (Å²) in [6.07, 6.45) is 0. The number of methoxy groups -OCH3 is 1. The number of hydrogen-bond donors (Lipinski definition) is 1. The molecule has 0 amide bonds. The number of benzene rings is 2. The van der Waals surface area contributed by atoms with E-state index in [2.05, 4.69) is 21.6 Å². The first-order valence-corrected chi connectivity index (χ1v) is 6.99. The van der Waals surface area contributed by atoms with Gasteiger partial charge in [0.25, 0.3) is 0 Å². The first-order chi connectivity index (χ1) is 11.3. The molecular weight excluding hydrogens is 292 g/mol. The van der Waals surface area contributed by atoms with Crippen LogP contribution in [0.25, 0.3) is 11.5 Å². The fraction of sp³-hybridized carbons (Fsp3) is 0.118. The van der Waals surface area contributed by atoms with E-state index < -0.39 is 0 Å². The van der Waals surface area contributed by atoms with Crippen LogP contribution in [0.3, 0.4) is 0 Å². The van der Waals surface area contributed by atoms with E-state index in [1.807, 2.05) is 36.4 Å². The summed E-state index contributed by atoms with van der Waals surface area (Å²) in [5.41, 5.74) is 2.34. The minimum Gasteiger partial charge on any atom is -0.497 e. The van der Waals surface area contributed by atoms with Crippen LogP contribution in [0, 0.1) is 11.3 Å². The van der Waals surface area contributed by atoms with Crippen LogP contribution in [0.4, 0.5) is 5.69 Å². The largest absolute Gasteiger partial charge is 0.497 e. The third-order valence-corrected chi connectivity index (χ3v) is 3.26. The monoisotopic (exact) mass is 306 g/mol. The summed E-state index contributed by atoms with van der Waals surface area (Å²) >= 11 is 0. The van der Waals surface area contributed by atoms with E-state index >= 15 is 0 Å². The Morgan fingerprint density at radius 2 is 1.83 bits per heavy atom. The molecule has 2 aromatic carbocycles. The number of nitrogens with zero attached hydrogens (tertiary/aromatic N) is 3. The van der Waals surface area contributed by atoms with Crippen molar-refractivity contribution < 1.29 is 9.15 Å². The Kier molecular flexibility index (Phi) is 4.20. The predicted octanol–water partition coefficient (Wildman–Crippen LogP) is 3.23. The fourth-order valence-corrected chi connectivity index (χ4v) is 2.02. The lowest BCUT2D eigenvalue weighted by Crippen LogP contribution is -1.99. The molecule has 114 valence electrons. The average molecular weight is 306 g/mol. The molecule has 0 fully saturated rings. The van der Waals surface area contributed by atoms with Gasteiger partial charge in [0.1, 0.15) is 5.75 Å². The van der Waals surface area contributed by atoms with E-state index in [1.165, 1.54) is 0 Å². The lowest BCUT2D eigenvalue weighted by Gasteiger charge is -2.02. The van der Waals surface area contributed by atoms with Crippen molar-refractivity contribution >= 4 is 5.69 Å². The predicted molar refractivity (Wildman–Crippen MR) is 84.8 cm³/mol. The molecule has 0 saturated heterocycles. The van der Waals surface area contributed by atoms with Gasteiger partial charge in [-0.15, -0.1) is 10.2 Å². The third-order valence-electron chi connectivity index (χ3n) is 3.26. The van der Waals surface area contributed by atoms with Gasteiger partial charge in [-0.1, -0.05) is 0 Å². The van der Waals surface area contributed by atoms with Crippen LogP contribution in [0.5, 0.6) is 5.75 Å². The normalized spacial score (nSPS) is 10.1. The summed E-state index contributed by atoms with van der Waals surface area (Å²) in [6.45, 7) is 0.412. The van der Waals surface area contributed by atoms with Gasteiger partial charge < -0.3 is 14.5 Å². The zero-order chi connectivity index (χ0) is 16.1. The van der Waals surface area contributed by atoms with E-state index in [4.69, 9.17) is 14.4 Å². The second-order valence-electron chi connectivity index (χ2n) is 4.77. The molecule has 0 aliphatic carbocycles. The molecule has 0 bridgehead atoms. The summed E-state index contributed by atoms with van der Waals surface area (Å²) in [6, 6.07) is 16.7. The van der Waals surface area contributed by atoms with Crippen LogP contribution < -0.4 is 10.1 Å². The summed E-state index contributed by atoms with van der Waals surface area (Å²) in [5.74, 6) is 1.72. The smallest absolute Gasteiger partial charge is 0.247 e. The highest BCUT2D eigenvalue weighted by atomic mass is 16.5. The minimum atomic E-state index is 0.412. The highest BCUT2D eigenvalue weighted by molar-refractivity contribution is 5.54. The van der Waals surface area contributed by atoms with Crippen LogP contribution in [-0.4, -0.2) is 17.3 Å². The summed E-state index contributed by atoms with van der Waals surface area (Å²) in [7, 11) is 1.62. The average Bonchev–Trinajstić information content (AvgIpc) is 3.09. The van der Waals surface area contributed by atoms with E-state index in [0.29, 0.717) is 23.9 Å². The molecule has 0 aliphatic heterocycles. The number of rotatable bonds is 5. The Labute approximate surface area is 133 Å². The molecule has 6 heteroatoms. The van der Waals surface area contributed by atoms with E-state index in [0.717, 1.165) is 17.0 Å². The van der Waals surface area contributed by atoms with Gasteiger partial charge in [0.15, 0.2) is 0 Å². The summed E-state index contributed by atoms with van der Waals surface area (Å²) < 4.78 is 10.7. The van der Waals surface area contributed by atoms with Gasteiger partial charge >= 0.3 is 0 Å². The lowest BCUT2D eigenvalue weighted by molar-refractivity contribution is 0.415. The number of anilines is 1. The zero-order valence-electron chi connectivity index (χ0n) is 12.5. The Hall–Kier alpha value is -3.33.